The number of carbonyl (C=O) groups is 1. The van der Waals surface area contributed by atoms with E-state index in [9.17, 15) is 4.79 Å². The van der Waals surface area contributed by atoms with Gasteiger partial charge in [0.2, 0.25) is 0 Å². The lowest BCUT2D eigenvalue weighted by Gasteiger charge is -2.47. The number of ether oxygens (including phenoxy) is 1. The maximum atomic E-state index is 11.3. The van der Waals surface area contributed by atoms with Gasteiger partial charge in [-0.1, -0.05) is 0 Å². The highest BCUT2D eigenvalue weighted by Gasteiger charge is 2.40. The third-order valence-corrected chi connectivity index (χ3v) is 3.93. The molecule has 1 spiro atoms. The van der Waals surface area contributed by atoms with Gasteiger partial charge >= 0.3 is 5.97 Å². The molecule has 15 heavy (non-hydrogen) atoms. The minimum absolute atomic E-state index is 0.00909. The van der Waals surface area contributed by atoms with E-state index >= 15 is 0 Å². The Morgan fingerprint density at radius 3 is 2.53 bits per heavy atom. The summed E-state index contributed by atoms with van der Waals surface area (Å²) in [6.45, 7) is 4.77. The Labute approximate surface area is 91.6 Å². The van der Waals surface area contributed by atoms with Crippen molar-refractivity contribution in [3.05, 3.63) is 0 Å². The van der Waals surface area contributed by atoms with E-state index in [-0.39, 0.29) is 5.97 Å². The monoisotopic (exact) mass is 211 g/mol. The van der Waals surface area contributed by atoms with Crippen LogP contribution in [0.25, 0.3) is 0 Å². The Kier molecular flexibility index (Phi) is 3.29. The van der Waals surface area contributed by atoms with Gasteiger partial charge in [0.1, 0.15) is 0 Å². The summed E-state index contributed by atoms with van der Waals surface area (Å²) in [4.78, 5) is 11.3. The number of carbonyl (C=O) groups excluding carboxylic acids is 1. The van der Waals surface area contributed by atoms with Gasteiger partial charge in [0, 0.05) is 19.5 Å². The van der Waals surface area contributed by atoms with Gasteiger partial charge in [-0.15, -0.1) is 0 Å². The molecule has 1 N–H and O–H groups in total. The average molecular weight is 211 g/mol. The van der Waals surface area contributed by atoms with Crippen LogP contribution in [0.2, 0.25) is 0 Å². The lowest BCUT2D eigenvalue weighted by molar-refractivity contribution is -0.144. The number of rotatable bonds is 3. The molecule has 1 saturated carbocycles. The fourth-order valence-corrected chi connectivity index (χ4v) is 2.78. The predicted octanol–water partition coefficient (Wildman–Crippen LogP) is 1.72. The van der Waals surface area contributed by atoms with Crippen molar-refractivity contribution >= 4 is 5.97 Å². The van der Waals surface area contributed by atoms with Gasteiger partial charge in [0.15, 0.2) is 0 Å². The van der Waals surface area contributed by atoms with E-state index in [0.29, 0.717) is 24.4 Å². The first-order valence-corrected chi connectivity index (χ1v) is 6.10. The summed E-state index contributed by atoms with van der Waals surface area (Å²) >= 11 is 0. The van der Waals surface area contributed by atoms with E-state index < -0.39 is 0 Å². The molecule has 0 aromatic heterocycles. The summed E-state index contributed by atoms with van der Waals surface area (Å²) in [5.41, 5.74) is 0.602. The van der Waals surface area contributed by atoms with Gasteiger partial charge in [0.25, 0.3) is 0 Å². The predicted molar refractivity (Wildman–Crippen MR) is 58.5 cm³/mol. The zero-order valence-corrected chi connectivity index (χ0v) is 9.55. The maximum Gasteiger partial charge on any atom is 0.306 e. The summed E-state index contributed by atoms with van der Waals surface area (Å²) < 4.78 is 4.99. The minimum Gasteiger partial charge on any atom is -0.466 e. The van der Waals surface area contributed by atoms with Gasteiger partial charge in [-0.05, 0) is 43.9 Å². The molecule has 1 aliphatic carbocycles. The smallest absolute Gasteiger partial charge is 0.306 e. The number of esters is 1. The molecule has 0 aromatic carbocycles. The largest absolute Gasteiger partial charge is 0.466 e. The first-order valence-electron chi connectivity index (χ1n) is 6.10. The van der Waals surface area contributed by atoms with Crippen LogP contribution in [0.1, 0.15) is 39.0 Å². The molecule has 1 aliphatic heterocycles. The lowest BCUT2D eigenvalue weighted by atomic mass is 9.66. The topological polar surface area (TPSA) is 38.3 Å². The van der Waals surface area contributed by atoms with Gasteiger partial charge in [-0.25, -0.2) is 0 Å². The highest BCUT2D eigenvalue weighted by atomic mass is 16.5. The molecule has 1 saturated heterocycles. The molecule has 3 nitrogen and oxygen atoms in total. The summed E-state index contributed by atoms with van der Waals surface area (Å²) in [6, 6.07) is 0. The van der Waals surface area contributed by atoms with Crippen molar-refractivity contribution in [3.8, 4) is 0 Å². The second-order valence-corrected chi connectivity index (χ2v) is 5.06. The molecular weight excluding hydrogens is 190 g/mol. The molecule has 2 aliphatic rings. The molecule has 0 unspecified atom stereocenters. The fourth-order valence-electron chi connectivity index (χ4n) is 2.78. The molecule has 3 heteroatoms. The Morgan fingerprint density at radius 2 is 2.07 bits per heavy atom. The Bertz CT molecular complexity index is 226. The van der Waals surface area contributed by atoms with Crippen LogP contribution in [-0.2, 0) is 9.53 Å². The van der Waals surface area contributed by atoms with E-state index in [1.807, 2.05) is 6.92 Å². The third kappa shape index (κ3) is 2.51. The number of hydrogen-bond donors (Lipinski definition) is 1. The molecule has 1 heterocycles. The molecular formula is C12H21NO2. The van der Waals surface area contributed by atoms with Crippen LogP contribution in [0.4, 0.5) is 0 Å². The second-order valence-electron chi connectivity index (χ2n) is 5.06. The summed E-state index contributed by atoms with van der Waals surface area (Å²) in [5, 5.41) is 3.36. The van der Waals surface area contributed by atoms with Crippen LogP contribution >= 0.6 is 0 Å². The molecule has 2 fully saturated rings. The van der Waals surface area contributed by atoms with E-state index in [4.69, 9.17) is 4.74 Å². The van der Waals surface area contributed by atoms with Crippen LogP contribution in [-0.4, -0.2) is 25.7 Å². The summed E-state index contributed by atoms with van der Waals surface area (Å²) in [5.74, 6) is 0.570. The maximum absolute atomic E-state index is 11.3. The van der Waals surface area contributed by atoms with E-state index in [2.05, 4.69) is 5.32 Å². The zero-order chi connectivity index (χ0) is 10.7. The van der Waals surface area contributed by atoms with Gasteiger partial charge in [0.05, 0.1) is 6.61 Å². The molecule has 0 radical (unpaired) electrons. The molecule has 0 amide bonds. The average Bonchev–Trinajstić information content (AvgIpc) is 2.17. The second kappa shape index (κ2) is 4.52. The summed E-state index contributed by atoms with van der Waals surface area (Å²) in [7, 11) is 0. The first-order chi connectivity index (χ1) is 7.24. The van der Waals surface area contributed by atoms with Crippen LogP contribution in [0, 0.1) is 11.3 Å². The van der Waals surface area contributed by atoms with Gasteiger partial charge < -0.3 is 10.1 Å². The van der Waals surface area contributed by atoms with Crippen molar-refractivity contribution < 1.29 is 9.53 Å². The Balaban J connectivity index is 1.71. The van der Waals surface area contributed by atoms with Crippen LogP contribution in [0.15, 0.2) is 0 Å². The van der Waals surface area contributed by atoms with Crippen molar-refractivity contribution in [2.24, 2.45) is 11.3 Å². The normalized spacial score (nSPS) is 24.9. The standard InChI is InChI=1S/C12H21NO2/c1-2-15-11(14)7-10-3-5-12(6-4-10)8-13-9-12/h10,13H,2-9H2,1H3. The first kappa shape index (κ1) is 10.9. The van der Waals surface area contributed by atoms with Crippen LogP contribution in [0.3, 0.4) is 0 Å². The molecule has 86 valence electrons. The molecule has 0 aromatic rings. The zero-order valence-electron chi connectivity index (χ0n) is 9.55. The van der Waals surface area contributed by atoms with Gasteiger partial charge in [-0.2, -0.15) is 0 Å². The van der Waals surface area contributed by atoms with Crippen LogP contribution in [0.5, 0.6) is 0 Å². The van der Waals surface area contributed by atoms with Gasteiger partial charge in [-0.3, -0.25) is 4.79 Å². The summed E-state index contributed by atoms with van der Waals surface area (Å²) in [6.07, 6.45) is 5.65. The SMILES string of the molecule is CCOC(=O)CC1CCC2(CC1)CNC2. The van der Waals surface area contributed by atoms with Crippen molar-refractivity contribution in [2.75, 3.05) is 19.7 Å². The Morgan fingerprint density at radius 1 is 1.40 bits per heavy atom. The van der Waals surface area contributed by atoms with E-state index in [1.54, 1.807) is 0 Å². The van der Waals surface area contributed by atoms with Crippen molar-refractivity contribution in [3.63, 3.8) is 0 Å². The minimum atomic E-state index is -0.00909. The third-order valence-electron chi connectivity index (χ3n) is 3.93. The highest BCUT2D eigenvalue weighted by molar-refractivity contribution is 5.69. The van der Waals surface area contributed by atoms with Crippen molar-refractivity contribution in [1.29, 1.82) is 0 Å². The van der Waals surface area contributed by atoms with E-state index in [1.165, 1.54) is 38.8 Å². The molecule has 0 atom stereocenters. The quantitative estimate of drug-likeness (QED) is 0.722. The number of nitrogens with one attached hydrogen (secondary N) is 1. The van der Waals surface area contributed by atoms with Crippen molar-refractivity contribution in [2.45, 2.75) is 39.0 Å². The number of hydrogen-bond acceptors (Lipinski definition) is 3. The molecule has 2 rings (SSSR count). The lowest BCUT2D eigenvalue weighted by Crippen LogP contribution is -2.54. The van der Waals surface area contributed by atoms with Crippen LogP contribution < -0.4 is 5.32 Å². The fraction of sp³-hybridized carbons (Fsp3) is 0.917. The Hall–Kier alpha value is -0.570. The van der Waals surface area contributed by atoms with Crippen molar-refractivity contribution in [1.82, 2.24) is 5.32 Å². The highest BCUT2D eigenvalue weighted by Crippen LogP contribution is 2.42. The molecule has 0 bridgehead atoms. The van der Waals surface area contributed by atoms with E-state index in [0.717, 1.165) is 0 Å².